The zero-order chi connectivity index (χ0) is 23.4. The van der Waals surface area contributed by atoms with Gasteiger partial charge < -0.3 is 9.14 Å². The molecule has 35 heavy (non-hydrogen) atoms. The highest BCUT2D eigenvalue weighted by atomic mass is 16.6. The number of benzene rings is 2. The molecule has 7 rings (SSSR count). The molecule has 2 atom stereocenters. The Bertz CT molecular complexity index is 1420. The van der Waals surface area contributed by atoms with Gasteiger partial charge in [0.05, 0.1) is 17.9 Å². The van der Waals surface area contributed by atoms with Crippen molar-refractivity contribution in [3.63, 3.8) is 0 Å². The van der Waals surface area contributed by atoms with Crippen LogP contribution in [0.2, 0.25) is 0 Å². The van der Waals surface area contributed by atoms with Gasteiger partial charge in [0, 0.05) is 18.2 Å². The van der Waals surface area contributed by atoms with Gasteiger partial charge in [0.2, 0.25) is 0 Å². The summed E-state index contributed by atoms with van der Waals surface area (Å²) in [4.78, 5) is 20.0. The number of amides is 1. The molecule has 4 heterocycles. The lowest BCUT2D eigenvalue weighted by atomic mass is 9.84. The summed E-state index contributed by atoms with van der Waals surface area (Å²) in [6.07, 6.45) is 10.1. The lowest BCUT2D eigenvalue weighted by Gasteiger charge is -2.44. The third kappa shape index (κ3) is 3.29. The molecule has 5 nitrogen and oxygen atoms in total. The molecule has 1 fully saturated rings. The van der Waals surface area contributed by atoms with E-state index in [9.17, 15) is 4.79 Å². The number of carbonyl (C=O) groups excluding carboxylic acids is 1. The molecular weight excluding hydrogens is 434 g/mol. The van der Waals surface area contributed by atoms with E-state index in [-0.39, 0.29) is 24.1 Å². The Hall–Kier alpha value is -3.86. The number of imidazole rings is 1. The molecule has 0 saturated carbocycles. The van der Waals surface area contributed by atoms with Gasteiger partial charge in [-0.1, -0.05) is 60.7 Å². The van der Waals surface area contributed by atoms with Gasteiger partial charge in [0.1, 0.15) is 12.3 Å². The number of pyridine rings is 1. The Balaban J connectivity index is 1.14. The average Bonchev–Trinajstić information content (AvgIpc) is 3.46. The maximum atomic E-state index is 13.5. The topological polar surface area (TPSA) is 46.8 Å². The van der Waals surface area contributed by atoms with Crippen molar-refractivity contribution >= 4 is 17.3 Å². The van der Waals surface area contributed by atoms with Crippen LogP contribution in [0.3, 0.4) is 0 Å². The van der Waals surface area contributed by atoms with E-state index in [0.29, 0.717) is 6.61 Å². The molecule has 2 aromatic carbocycles. The van der Waals surface area contributed by atoms with Gasteiger partial charge in [-0.05, 0) is 65.6 Å². The lowest BCUT2D eigenvalue weighted by molar-refractivity contribution is 0.0538. The SMILES string of the molecule is O=C(OCC1c2ccccc2-c2ccccc21)N1C2C=C(c3cnc4ccccn34)CC1CCC2. The summed E-state index contributed by atoms with van der Waals surface area (Å²) in [6, 6.07) is 23.2. The first-order chi connectivity index (χ1) is 17.3. The highest BCUT2D eigenvalue weighted by Crippen LogP contribution is 2.45. The van der Waals surface area contributed by atoms with E-state index in [4.69, 9.17) is 4.74 Å². The zero-order valence-corrected chi connectivity index (χ0v) is 19.5. The molecule has 1 aliphatic carbocycles. The maximum absolute atomic E-state index is 13.5. The molecule has 2 aliphatic heterocycles. The largest absolute Gasteiger partial charge is 0.448 e. The van der Waals surface area contributed by atoms with Crippen LogP contribution in [0.4, 0.5) is 4.79 Å². The second-order valence-corrected chi connectivity index (χ2v) is 9.83. The van der Waals surface area contributed by atoms with Gasteiger partial charge in [-0.15, -0.1) is 0 Å². The molecule has 2 bridgehead atoms. The molecule has 2 aromatic heterocycles. The first-order valence-corrected chi connectivity index (χ1v) is 12.5. The van der Waals surface area contributed by atoms with Gasteiger partial charge in [-0.25, -0.2) is 9.78 Å². The Morgan fingerprint density at radius 3 is 2.46 bits per heavy atom. The number of nitrogens with zero attached hydrogens (tertiary/aromatic N) is 3. The highest BCUT2D eigenvalue weighted by molar-refractivity contribution is 5.79. The van der Waals surface area contributed by atoms with E-state index in [1.54, 1.807) is 0 Å². The second-order valence-electron chi connectivity index (χ2n) is 9.83. The fourth-order valence-electron chi connectivity index (χ4n) is 6.34. The first kappa shape index (κ1) is 20.5. The van der Waals surface area contributed by atoms with E-state index in [2.05, 4.69) is 70.2 Å². The second kappa shape index (κ2) is 8.12. The van der Waals surface area contributed by atoms with Crippen molar-refractivity contribution < 1.29 is 9.53 Å². The van der Waals surface area contributed by atoms with Crippen molar-refractivity contribution in [2.45, 2.75) is 43.7 Å². The van der Waals surface area contributed by atoms with E-state index in [1.807, 2.05) is 29.3 Å². The van der Waals surface area contributed by atoms with Crippen LogP contribution in [0.1, 0.15) is 48.4 Å². The Kier molecular flexibility index (Phi) is 4.76. The van der Waals surface area contributed by atoms with Crippen molar-refractivity contribution in [2.24, 2.45) is 0 Å². The number of hydrogen-bond acceptors (Lipinski definition) is 3. The van der Waals surface area contributed by atoms with Crippen molar-refractivity contribution in [2.75, 3.05) is 6.61 Å². The summed E-state index contributed by atoms with van der Waals surface area (Å²) >= 11 is 0. The zero-order valence-electron chi connectivity index (χ0n) is 19.5. The lowest BCUT2D eigenvalue weighted by Crippen LogP contribution is -2.52. The summed E-state index contributed by atoms with van der Waals surface area (Å²) in [7, 11) is 0. The minimum absolute atomic E-state index is 0.0717. The monoisotopic (exact) mass is 461 g/mol. The molecule has 1 amide bonds. The Morgan fingerprint density at radius 1 is 0.943 bits per heavy atom. The number of ether oxygens (including phenoxy) is 1. The van der Waals surface area contributed by atoms with Crippen LogP contribution < -0.4 is 0 Å². The quantitative estimate of drug-likeness (QED) is 0.360. The fraction of sp³-hybridized carbons (Fsp3) is 0.267. The van der Waals surface area contributed by atoms with Crippen LogP contribution in [0, 0.1) is 0 Å². The van der Waals surface area contributed by atoms with E-state index in [0.717, 1.165) is 37.0 Å². The molecule has 174 valence electrons. The number of rotatable bonds is 3. The van der Waals surface area contributed by atoms with Crippen molar-refractivity contribution in [3.8, 4) is 11.1 Å². The standard InChI is InChI=1S/C30H27N3O2/c34-30(35-19-27-25-12-3-1-10-23(25)24-11-2-4-13-26(24)27)33-21-8-7-9-22(33)17-20(16-21)28-18-31-29-14-5-6-15-32(28)29/h1-6,10-16,18,21-22,27H,7-9,17,19H2. The molecule has 5 heteroatoms. The number of aromatic nitrogens is 2. The van der Waals surface area contributed by atoms with E-state index < -0.39 is 0 Å². The molecule has 2 unspecified atom stereocenters. The van der Waals surface area contributed by atoms with Crippen molar-refractivity contribution in [3.05, 3.63) is 102 Å². The van der Waals surface area contributed by atoms with Crippen LogP contribution in [-0.2, 0) is 4.74 Å². The van der Waals surface area contributed by atoms with Crippen LogP contribution in [-0.4, -0.2) is 39.1 Å². The van der Waals surface area contributed by atoms with Crippen LogP contribution >= 0.6 is 0 Å². The van der Waals surface area contributed by atoms with E-state index >= 15 is 0 Å². The summed E-state index contributed by atoms with van der Waals surface area (Å²) in [6.45, 7) is 0.368. The van der Waals surface area contributed by atoms with Crippen LogP contribution in [0.25, 0.3) is 22.3 Å². The molecule has 4 aromatic rings. The fourth-order valence-corrected chi connectivity index (χ4v) is 6.34. The molecule has 0 N–H and O–H groups in total. The first-order valence-electron chi connectivity index (χ1n) is 12.5. The summed E-state index contributed by atoms with van der Waals surface area (Å²) in [5.74, 6) is 0.0836. The smallest absolute Gasteiger partial charge is 0.410 e. The average molecular weight is 462 g/mol. The van der Waals surface area contributed by atoms with Crippen LogP contribution in [0.5, 0.6) is 0 Å². The third-order valence-corrected chi connectivity index (χ3v) is 7.93. The molecular formula is C30H27N3O2. The molecule has 0 spiro atoms. The molecule has 0 radical (unpaired) electrons. The normalized spacial score (nSPS) is 20.9. The predicted octanol–water partition coefficient (Wildman–Crippen LogP) is 6.29. The number of fused-ring (bicyclic) bond motifs is 6. The van der Waals surface area contributed by atoms with Gasteiger partial charge in [0.25, 0.3) is 0 Å². The summed E-state index contributed by atoms with van der Waals surface area (Å²) in [5, 5.41) is 0. The van der Waals surface area contributed by atoms with Crippen molar-refractivity contribution in [1.29, 1.82) is 0 Å². The number of hydrogen-bond donors (Lipinski definition) is 0. The van der Waals surface area contributed by atoms with Gasteiger partial charge >= 0.3 is 6.09 Å². The van der Waals surface area contributed by atoms with Gasteiger partial charge in [-0.3, -0.25) is 4.90 Å². The highest BCUT2D eigenvalue weighted by Gasteiger charge is 2.39. The number of carbonyl (C=O) groups is 1. The molecule has 3 aliphatic rings. The third-order valence-electron chi connectivity index (χ3n) is 7.93. The minimum Gasteiger partial charge on any atom is -0.448 e. The Labute approximate surface area is 204 Å². The Morgan fingerprint density at radius 2 is 1.69 bits per heavy atom. The number of piperidine rings is 1. The molecule has 1 saturated heterocycles. The maximum Gasteiger partial charge on any atom is 0.410 e. The summed E-state index contributed by atoms with van der Waals surface area (Å²) < 4.78 is 8.20. The minimum atomic E-state index is -0.185. The van der Waals surface area contributed by atoms with Crippen LogP contribution in [0.15, 0.2) is 85.2 Å². The van der Waals surface area contributed by atoms with Crippen molar-refractivity contribution in [1.82, 2.24) is 14.3 Å². The van der Waals surface area contributed by atoms with E-state index in [1.165, 1.54) is 27.8 Å². The van der Waals surface area contributed by atoms with Gasteiger partial charge in [-0.2, -0.15) is 0 Å². The summed E-state index contributed by atoms with van der Waals surface area (Å²) in [5.41, 5.74) is 8.35. The predicted molar refractivity (Wildman–Crippen MR) is 136 cm³/mol. The van der Waals surface area contributed by atoms with Gasteiger partial charge in [0.15, 0.2) is 0 Å².